The third-order valence-electron chi connectivity index (χ3n) is 17.3. The minimum Gasteiger partial charge on any atom is -0.460 e. The van der Waals surface area contributed by atoms with E-state index in [1.54, 1.807) is 51.1 Å². The maximum Gasteiger partial charge on any atom is 0.373 e. The van der Waals surface area contributed by atoms with Crippen molar-refractivity contribution in [2.75, 3.05) is 27.9 Å². The van der Waals surface area contributed by atoms with Crippen LogP contribution >= 0.6 is 22.7 Å². The minimum atomic E-state index is -2.47. The van der Waals surface area contributed by atoms with Crippen LogP contribution < -0.4 is 9.13 Å². The maximum atomic E-state index is 14.8. The number of piperidine rings is 1. The van der Waals surface area contributed by atoms with Crippen molar-refractivity contribution in [3.63, 3.8) is 0 Å². The SMILES string of the molecule is CO[C@H]1C[C@@H]2CC[C@@H](C)[C@@](O)(O2)C(=O)C(=O)N2CCCC[C@H]2C(=O)O[C@H]([C@H](C)C[C@@H]2CC[C@@H](OC(=O)C[n+]3cscc3C)[C@H](OC)C2)CC(=O)[C@H](C)/C=C(\C)[C@@H](OC(=O)C[n+]2cscc2C)[C@@H](OC)C(=O)[C@H](C)C[C@H](C)/C=C/C=C/C=C/1C. The average molecular weight is 1190 g/mol. The molecule has 18 nitrogen and oxygen atoms in total. The number of carbonyl (C=O) groups excluding carboxylic acids is 7. The van der Waals surface area contributed by atoms with Crippen molar-refractivity contribution in [2.24, 2.45) is 35.5 Å². The molecule has 1 N–H and O–H groups in total. The highest BCUT2D eigenvalue weighted by molar-refractivity contribution is 7.07. The molecule has 2 aromatic rings. The molecule has 2 bridgehead atoms. The van der Waals surface area contributed by atoms with Gasteiger partial charge in [0.1, 0.15) is 24.0 Å². The van der Waals surface area contributed by atoms with Crippen LogP contribution in [0.5, 0.6) is 0 Å². The molecule has 2 aromatic heterocycles. The molecule has 3 fully saturated rings. The van der Waals surface area contributed by atoms with E-state index < -0.39 is 102 Å². The monoisotopic (exact) mass is 1190 g/mol. The molecule has 4 aliphatic rings. The van der Waals surface area contributed by atoms with Crippen LogP contribution in [0.25, 0.3) is 0 Å². The minimum absolute atomic E-state index is 0.0149. The van der Waals surface area contributed by atoms with Crippen LogP contribution in [-0.4, -0.2) is 134 Å². The van der Waals surface area contributed by atoms with Crippen molar-refractivity contribution < 1.29 is 81.0 Å². The van der Waals surface area contributed by atoms with E-state index in [1.807, 2.05) is 92.8 Å². The lowest BCUT2D eigenvalue weighted by atomic mass is 9.78. The summed E-state index contributed by atoms with van der Waals surface area (Å²) < 4.78 is 46.2. The maximum absolute atomic E-state index is 14.8. The number of nitrogens with zero attached hydrogens (tertiary/aromatic N) is 3. The number of hydrogen-bond acceptors (Lipinski definition) is 17. The first-order chi connectivity index (χ1) is 39.5. The van der Waals surface area contributed by atoms with Gasteiger partial charge in [0.05, 0.1) is 29.1 Å². The predicted octanol–water partition coefficient (Wildman–Crippen LogP) is 8.00. The zero-order chi connectivity index (χ0) is 60.7. The number of ether oxygens (including phenoxy) is 7. The lowest BCUT2D eigenvalue weighted by molar-refractivity contribution is -0.687. The molecule has 20 heteroatoms. The number of fused-ring (bicyclic) bond motifs is 3. The van der Waals surface area contributed by atoms with Gasteiger partial charge in [-0.2, -0.15) is 9.13 Å². The number of allylic oxidation sites excluding steroid dienone is 6. The Balaban J connectivity index is 1.33. The average Bonchev–Trinajstić information content (AvgIpc) is 3.94. The molecule has 1 aliphatic carbocycles. The van der Waals surface area contributed by atoms with E-state index in [-0.39, 0.29) is 68.3 Å². The Hall–Kier alpha value is -5.09. The molecule has 0 spiro atoms. The number of methoxy groups -OCH3 is 3. The van der Waals surface area contributed by atoms with E-state index in [0.717, 1.165) is 17.0 Å². The molecule has 15 atom stereocenters. The first-order valence-corrected chi connectivity index (χ1v) is 31.4. The molecule has 1 saturated carbocycles. The summed E-state index contributed by atoms with van der Waals surface area (Å²) in [6.45, 7) is 16.5. The normalized spacial score (nSPS) is 34.1. The van der Waals surface area contributed by atoms with Gasteiger partial charge in [0.15, 0.2) is 29.4 Å². The fraction of sp³-hybridized carbons (Fsp3) is 0.667. The molecule has 0 unspecified atom stereocenters. The highest BCUT2D eigenvalue weighted by atomic mass is 32.1. The standard InChI is InChI=1S/C63H91N3O15S2/c1-38-18-14-13-15-19-39(2)52(75-10)30-48-23-21-44(7)63(74,81-48)60(71)61(72)66-25-17-16-20-49(66)62(73)79-53(41(4)28-47-22-24-51(54(29-47)76-11)78-55(68)32-64-36-82-34-45(64)8)31-50(67)40(3)27-43(6)58(59(77-12)57(70)42(5)26-38)80-56(69)33-65-37-83-35-46(65)9/h13-15,18-19,27,34-38,40-42,44,47-49,51-54,58-59,74H,16-17,20-26,28-33H2,1-12H3/q+2/b15-13+,18-14+,39-19+,43-27+/t38-,40-,41-,42-,44-,47+,48+,49+,51-,52+,53+,54-,58-,59+,63-/m1/s1. The Bertz CT molecular complexity index is 2690. The number of carbonyl (C=O) groups is 7. The summed E-state index contributed by atoms with van der Waals surface area (Å²) in [5.74, 6) is -9.61. The number of Topliss-reactive ketones (excluding diaryl/α,β-unsaturated/α-hetero) is 3. The van der Waals surface area contributed by atoms with Gasteiger partial charge in [-0.15, -0.1) is 0 Å². The molecule has 6 rings (SSSR count). The molecule has 5 heterocycles. The van der Waals surface area contributed by atoms with Gasteiger partial charge in [-0.05, 0) is 107 Å². The van der Waals surface area contributed by atoms with Gasteiger partial charge in [-0.1, -0.05) is 93.7 Å². The van der Waals surface area contributed by atoms with Gasteiger partial charge in [-0.25, -0.2) is 14.4 Å². The number of amides is 1. The topological polar surface area (TPSA) is 215 Å². The van der Waals surface area contributed by atoms with E-state index >= 15 is 0 Å². The fourth-order valence-electron chi connectivity index (χ4n) is 12.1. The molecular weight excluding hydrogens is 1100 g/mol. The Labute approximate surface area is 498 Å². The van der Waals surface area contributed by atoms with Crippen molar-refractivity contribution in [2.45, 2.75) is 207 Å². The molecular formula is C63H91N3O15S2+2. The first kappa shape index (κ1) is 67.0. The Kier molecular flexibility index (Phi) is 25.3. The van der Waals surface area contributed by atoms with E-state index in [0.29, 0.717) is 63.4 Å². The summed E-state index contributed by atoms with van der Waals surface area (Å²) >= 11 is 2.93. The van der Waals surface area contributed by atoms with Gasteiger partial charge in [0.25, 0.3) is 11.7 Å². The second-order valence-electron chi connectivity index (χ2n) is 23.8. The zero-order valence-corrected chi connectivity index (χ0v) is 52.4. The van der Waals surface area contributed by atoms with E-state index in [2.05, 4.69) is 0 Å². The lowest BCUT2D eigenvalue weighted by Gasteiger charge is -2.42. The van der Waals surface area contributed by atoms with Crippen LogP contribution in [0.1, 0.15) is 137 Å². The van der Waals surface area contributed by atoms with Gasteiger partial charge >= 0.3 is 17.9 Å². The smallest absolute Gasteiger partial charge is 0.373 e. The van der Waals surface area contributed by atoms with Crippen molar-refractivity contribution in [3.05, 3.63) is 80.8 Å². The number of aliphatic hydroxyl groups is 1. The van der Waals surface area contributed by atoms with E-state index in [1.165, 1.54) is 34.7 Å². The van der Waals surface area contributed by atoms with Crippen LogP contribution in [-0.2, 0) is 79.8 Å². The number of hydrogen-bond donors (Lipinski definition) is 1. The number of rotatable bonds is 12. The van der Waals surface area contributed by atoms with Crippen molar-refractivity contribution in [1.82, 2.24) is 4.90 Å². The first-order valence-electron chi connectivity index (χ1n) is 29.5. The third kappa shape index (κ3) is 18.0. The highest BCUT2D eigenvalue weighted by Gasteiger charge is 2.53. The van der Waals surface area contributed by atoms with Crippen LogP contribution in [0.4, 0.5) is 0 Å². The van der Waals surface area contributed by atoms with Crippen LogP contribution in [0, 0.1) is 49.4 Å². The fourth-order valence-corrected chi connectivity index (χ4v) is 13.6. The van der Waals surface area contributed by atoms with Crippen molar-refractivity contribution in [1.29, 1.82) is 0 Å². The number of ketones is 3. The number of aromatic nitrogens is 2. The Morgan fingerprint density at radius 3 is 2.07 bits per heavy atom. The molecule has 83 heavy (non-hydrogen) atoms. The number of cyclic esters (lactones) is 1. The summed E-state index contributed by atoms with van der Waals surface area (Å²) in [7, 11) is 4.56. The molecule has 1 amide bonds. The van der Waals surface area contributed by atoms with Crippen LogP contribution in [0.3, 0.4) is 0 Å². The molecule has 458 valence electrons. The summed E-state index contributed by atoms with van der Waals surface area (Å²) in [6.07, 6.45) is 10.6. The van der Waals surface area contributed by atoms with Crippen LogP contribution in [0.2, 0.25) is 0 Å². The van der Waals surface area contributed by atoms with E-state index in [4.69, 9.17) is 33.2 Å². The van der Waals surface area contributed by atoms with Gasteiger partial charge < -0.3 is 43.2 Å². The van der Waals surface area contributed by atoms with Gasteiger partial charge in [0, 0.05) is 72.3 Å². The highest BCUT2D eigenvalue weighted by Crippen LogP contribution is 2.38. The predicted molar refractivity (Wildman–Crippen MR) is 311 cm³/mol. The molecule has 0 radical (unpaired) electrons. The van der Waals surface area contributed by atoms with Crippen LogP contribution in [0.15, 0.2) is 69.4 Å². The lowest BCUT2D eigenvalue weighted by Crippen LogP contribution is -2.61. The number of thiazole rings is 2. The quantitative estimate of drug-likeness (QED) is 0.0701. The summed E-state index contributed by atoms with van der Waals surface area (Å²) in [5, 5.41) is 16.0. The van der Waals surface area contributed by atoms with E-state index in [9.17, 15) is 38.7 Å². The van der Waals surface area contributed by atoms with Gasteiger partial charge in [0.2, 0.25) is 29.9 Å². The number of esters is 3. The third-order valence-corrected chi connectivity index (χ3v) is 19.0. The second kappa shape index (κ2) is 31.3. The Morgan fingerprint density at radius 1 is 0.771 bits per heavy atom. The van der Waals surface area contributed by atoms with Gasteiger partial charge in [-0.3, -0.25) is 19.2 Å². The largest absolute Gasteiger partial charge is 0.460 e. The second-order valence-corrected chi connectivity index (χ2v) is 25.2. The summed E-state index contributed by atoms with van der Waals surface area (Å²) in [6, 6.07) is -1.20. The zero-order valence-electron chi connectivity index (χ0n) is 50.8. The summed E-state index contributed by atoms with van der Waals surface area (Å²) in [4.78, 5) is 101. The number of aryl methyl sites for hydroxylation is 2. The summed E-state index contributed by atoms with van der Waals surface area (Å²) in [5.41, 5.74) is 6.75. The van der Waals surface area contributed by atoms with Crippen molar-refractivity contribution >= 4 is 63.8 Å². The van der Waals surface area contributed by atoms with Crippen molar-refractivity contribution in [3.8, 4) is 0 Å². The molecule has 2 saturated heterocycles. The molecule has 3 aliphatic heterocycles. The molecule has 0 aromatic carbocycles. The Morgan fingerprint density at radius 2 is 1.45 bits per heavy atom.